The summed E-state index contributed by atoms with van der Waals surface area (Å²) in [5.74, 6) is -1.11. The predicted molar refractivity (Wildman–Crippen MR) is 55.8 cm³/mol. The number of hydrogen-bond donors (Lipinski definition) is 2. The highest BCUT2D eigenvalue weighted by Crippen LogP contribution is 2.24. The Balaban J connectivity index is 2.86. The van der Waals surface area contributed by atoms with Crippen LogP contribution in [-0.4, -0.2) is 34.1 Å². The number of aromatic nitrogens is 1. The number of carboxylic acids is 1. The van der Waals surface area contributed by atoms with Crippen LogP contribution in [0.15, 0.2) is 24.5 Å². The van der Waals surface area contributed by atoms with Crippen molar-refractivity contribution in [3.05, 3.63) is 30.1 Å². The number of carbonyl (C=O) groups is 2. The maximum atomic E-state index is 11.0. The first-order chi connectivity index (χ1) is 7.62. The Kier molecular flexibility index (Phi) is 4.13. The highest BCUT2D eigenvalue weighted by molar-refractivity contribution is 5.74. The normalized spacial score (nSPS) is 14.1. The van der Waals surface area contributed by atoms with E-state index in [-0.39, 0.29) is 12.8 Å². The van der Waals surface area contributed by atoms with Crippen molar-refractivity contribution in [1.82, 2.24) is 4.98 Å². The smallest absolute Gasteiger partial charge is 0.304 e. The number of rotatable bonds is 6. The van der Waals surface area contributed by atoms with Gasteiger partial charge in [0.2, 0.25) is 0 Å². The number of nitrogens with zero attached hydrogens (tertiary/aromatic N) is 1. The van der Waals surface area contributed by atoms with E-state index in [0.29, 0.717) is 6.29 Å². The number of aliphatic hydroxyl groups is 1. The maximum absolute atomic E-state index is 11.0. The summed E-state index contributed by atoms with van der Waals surface area (Å²) >= 11 is 0. The minimum Gasteiger partial charge on any atom is -0.481 e. The monoisotopic (exact) mass is 223 g/mol. The van der Waals surface area contributed by atoms with Crippen molar-refractivity contribution in [3.8, 4) is 0 Å². The zero-order valence-electron chi connectivity index (χ0n) is 8.67. The Labute approximate surface area is 92.8 Å². The second-order valence-electron chi connectivity index (χ2n) is 3.75. The third-order valence-electron chi connectivity index (χ3n) is 2.35. The molecule has 86 valence electrons. The average molecular weight is 223 g/mol. The van der Waals surface area contributed by atoms with E-state index in [9.17, 15) is 14.7 Å². The van der Waals surface area contributed by atoms with Crippen LogP contribution in [0.25, 0.3) is 0 Å². The van der Waals surface area contributed by atoms with Crippen molar-refractivity contribution < 1.29 is 19.8 Å². The van der Waals surface area contributed by atoms with E-state index < -0.39 is 18.0 Å². The van der Waals surface area contributed by atoms with E-state index >= 15 is 0 Å². The summed E-state index contributed by atoms with van der Waals surface area (Å²) < 4.78 is 0. The quantitative estimate of drug-likeness (QED) is 0.676. The zero-order valence-corrected chi connectivity index (χ0v) is 8.67. The fraction of sp³-hybridized carbons (Fsp3) is 0.364. The Morgan fingerprint density at radius 2 is 2.31 bits per heavy atom. The highest BCUT2D eigenvalue weighted by Gasteiger charge is 2.32. The highest BCUT2D eigenvalue weighted by atomic mass is 16.4. The second kappa shape index (κ2) is 5.37. The van der Waals surface area contributed by atoms with Crippen LogP contribution in [0.5, 0.6) is 0 Å². The number of aliphatic hydroxyl groups excluding tert-OH is 1. The molecule has 5 nitrogen and oxygen atoms in total. The fourth-order valence-corrected chi connectivity index (χ4v) is 1.51. The van der Waals surface area contributed by atoms with Crippen LogP contribution in [0.2, 0.25) is 0 Å². The molecule has 0 aliphatic rings. The van der Waals surface area contributed by atoms with Gasteiger partial charge in [-0.25, -0.2) is 0 Å². The van der Waals surface area contributed by atoms with E-state index in [1.54, 1.807) is 24.5 Å². The third kappa shape index (κ3) is 3.13. The van der Waals surface area contributed by atoms with Crippen LogP contribution < -0.4 is 0 Å². The molecule has 0 saturated carbocycles. The van der Waals surface area contributed by atoms with Crippen molar-refractivity contribution >= 4 is 12.3 Å². The lowest BCUT2D eigenvalue weighted by molar-refractivity contribution is -0.143. The maximum Gasteiger partial charge on any atom is 0.304 e. The van der Waals surface area contributed by atoms with Gasteiger partial charge in [0.25, 0.3) is 0 Å². The van der Waals surface area contributed by atoms with Gasteiger partial charge in [0.1, 0.15) is 6.29 Å². The number of aliphatic carboxylic acids is 1. The number of hydrogen-bond acceptors (Lipinski definition) is 4. The van der Waals surface area contributed by atoms with Crippen molar-refractivity contribution in [3.63, 3.8) is 0 Å². The number of carbonyl (C=O) groups excluding carboxylic acids is 1. The van der Waals surface area contributed by atoms with Crippen LogP contribution in [-0.2, 0) is 16.0 Å². The third-order valence-corrected chi connectivity index (χ3v) is 2.35. The molecule has 1 atom stereocenters. The van der Waals surface area contributed by atoms with Crippen molar-refractivity contribution in [2.24, 2.45) is 5.41 Å². The molecule has 5 heteroatoms. The largest absolute Gasteiger partial charge is 0.481 e. The SMILES string of the molecule is O=CC(CO)(CC(=O)O)Cc1cccnc1. The lowest BCUT2D eigenvalue weighted by Gasteiger charge is -2.23. The van der Waals surface area contributed by atoms with E-state index in [1.807, 2.05) is 0 Å². The molecule has 1 unspecified atom stereocenters. The summed E-state index contributed by atoms with van der Waals surface area (Å²) in [5, 5.41) is 17.9. The molecule has 1 aromatic heterocycles. The molecule has 16 heavy (non-hydrogen) atoms. The first-order valence-electron chi connectivity index (χ1n) is 4.80. The molecule has 0 amide bonds. The molecule has 1 heterocycles. The van der Waals surface area contributed by atoms with Gasteiger partial charge in [-0.2, -0.15) is 0 Å². The summed E-state index contributed by atoms with van der Waals surface area (Å²) in [4.78, 5) is 25.5. The van der Waals surface area contributed by atoms with Crippen LogP contribution in [0.4, 0.5) is 0 Å². The summed E-state index contributed by atoms with van der Waals surface area (Å²) in [6.45, 7) is -0.488. The summed E-state index contributed by atoms with van der Waals surface area (Å²) in [6, 6.07) is 3.44. The van der Waals surface area contributed by atoms with Crippen LogP contribution in [0.3, 0.4) is 0 Å². The standard InChI is InChI=1S/C11H13NO4/c13-7-11(8-14,5-10(15)16)4-9-2-1-3-12-6-9/h1-3,6-7,14H,4-5,8H2,(H,15,16). The molecule has 1 rings (SSSR count). The van der Waals surface area contributed by atoms with Gasteiger partial charge in [-0.15, -0.1) is 0 Å². The van der Waals surface area contributed by atoms with Crippen LogP contribution in [0.1, 0.15) is 12.0 Å². The number of aldehydes is 1. The van der Waals surface area contributed by atoms with Gasteiger partial charge in [-0.1, -0.05) is 6.07 Å². The molecule has 0 aromatic carbocycles. The minimum atomic E-state index is -1.26. The Morgan fingerprint density at radius 1 is 1.56 bits per heavy atom. The van der Waals surface area contributed by atoms with Gasteiger partial charge < -0.3 is 15.0 Å². The van der Waals surface area contributed by atoms with Gasteiger partial charge in [0, 0.05) is 12.4 Å². The fourth-order valence-electron chi connectivity index (χ4n) is 1.51. The predicted octanol–water partition coefficient (Wildman–Crippen LogP) is 0.276. The number of carboxylic acid groups (broad SMARTS) is 1. The lowest BCUT2D eigenvalue weighted by atomic mass is 9.81. The summed E-state index contributed by atoms with van der Waals surface area (Å²) in [5.41, 5.74) is -0.528. The molecular formula is C11H13NO4. The van der Waals surface area contributed by atoms with Gasteiger partial charge in [0.15, 0.2) is 0 Å². The number of pyridine rings is 1. The van der Waals surface area contributed by atoms with Gasteiger partial charge in [-0.05, 0) is 18.1 Å². The van der Waals surface area contributed by atoms with E-state index in [4.69, 9.17) is 5.11 Å². The molecule has 0 aliphatic carbocycles. The Hall–Kier alpha value is -1.75. The van der Waals surface area contributed by atoms with Gasteiger partial charge >= 0.3 is 5.97 Å². The molecule has 1 aromatic rings. The van der Waals surface area contributed by atoms with E-state index in [2.05, 4.69) is 4.98 Å². The van der Waals surface area contributed by atoms with Gasteiger partial charge in [0.05, 0.1) is 18.4 Å². The lowest BCUT2D eigenvalue weighted by Crippen LogP contribution is -2.32. The summed E-state index contributed by atoms with van der Waals surface area (Å²) in [6.07, 6.45) is 3.43. The van der Waals surface area contributed by atoms with Crippen molar-refractivity contribution in [1.29, 1.82) is 0 Å². The molecule has 0 bridgehead atoms. The Bertz CT molecular complexity index is 366. The molecule has 0 saturated heterocycles. The van der Waals surface area contributed by atoms with Crippen molar-refractivity contribution in [2.75, 3.05) is 6.61 Å². The zero-order chi connectivity index (χ0) is 12.0. The molecule has 0 radical (unpaired) electrons. The van der Waals surface area contributed by atoms with Crippen LogP contribution in [0, 0.1) is 5.41 Å². The second-order valence-corrected chi connectivity index (χ2v) is 3.75. The first kappa shape index (κ1) is 12.3. The molecule has 0 fully saturated rings. The summed E-state index contributed by atoms with van der Waals surface area (Å²) in [7, 11) is 0. The minimum absolute atomic E-state index is 0.174. The molecule has 0 spiro atoms. The Morgan fingerprint density at radius 3 is 2.75 bits per heavy atom. The molecular weight excluding hydrogens is 210 g/mol. The van der Waals surface area contributed by atoms with E-state index in [0.717, 1.165) is 5.56 Å². The molecule has 2 N–H and O–H groups in total. The van der Waals surface area contributed by atoms with Crippen LogP contribution >= 0.6 is 0 Å². The van der Waals surface area contributed by atoms with Crippen molar-refractivity contribution in [2.45, 2.75) is 12.8 Å². The van der Waals surface area contributed by atoms with E-state index in [1.165, 1.54) is 0 Å². The topological polar surface area (TPSA) is 87.5 Å². The van der Waals surface area contributed by atoms with Gasteiger partial charge in [-0.3, -0.25) is 9.78 Å². The molecule has 0 aliphatic heterocycles. The average Bonchev–Trinajstić information content (AvgIpc) is 2.29. The first-order valence-corrected chi connectivity index (χ1v) is 4.80.